The molecule has 1 saturated heterocycles. The molecule has 9 nitrogen and oxygen atoms in total. The average Bonchev–Trinajstić information content (AvgIpc) is 3.57. The zero-order chi connectivity index (χ0) is 23.4. The van der Waals surface area contributed by atoms with Crippen molar-refractivity contribution >= 4 is 22.7 Å². The van der Waals surface area contributed by atoms with Gasteiger partial charge >= 0.3 is 6.16 Å². The molecule has 2 aliphatic heterocycles. The molecule has 1 unspecified atom stereocenters. The van der Waals surface area contributed by atoms with Crippen LogP contribution in [0.25, 0.3) is 10.9 Å². The van der Waals surface area contributed by atoms with Crippen molar-refractivity contribution in [2.45, 2.75) is 24.9 Å². The zero-order valence-corrected chi connectivity index (χ0v) is 18.1. The predicted molar refractivity (Wildman–Crippen MR) is 121 cm³/mol. The lowest BCUT2D eigenvalue weighted by atomic mass is 10.0. The van der Waals surface area contributed by atoms with Crippen LogP contribution in [-0.2, 0) is 0 Å². The van der Waals surface area contributed by atoms with E-state index in [0.29, 0.717) is 42.3 Å². The third-order valence-corrected chi connectivity index (χ3v) is 6.52. The van der Waals surface area contributed by atoms with Crippen molar-refractivity contribution in [2.24, 2.45) is 0 Å². The number of nitrogens with one attached hydrogen (secondary N) is 1. The highest BCUT2D eigenvalue weighted by molar-refractivity contribution is 5.85. The van der Waals surface area contributed by atoms with E-state index in [-0.39, 0.29) is 30.0 Å². The Labute approximate surface area is 193 Å². The van der Waals surface area contributed by atoms with Gasteiger partial charge in [0, 0.05) is 31.7 Å². The molecule has 1 saturated carbocycles. The molecule has 0 bridgehead atoms. The van der Waals surface area contributed by atoms with Gasteiger partial charge in [-0.1, -0.05) is 6.07 Å². The molecule has 3 heterocycles. The van der Waals surface area contributed by atoms with Crippen molar-refractivity contribution in [1.82, 2.24) is 9.88 Å². The van der Waals surface area contributed by atoms with Crippen LogP contribution in [0, 0.1) is 5.82 Å². The van der Waals surface area contributed by atoms with Crippen molar-refractivity contribution in [3.63, 3.8) is 0 Å². The van der Waals surface area contributed by atoms with Gasteiger partial charge in [-0.25, -0.2) is 9.18 Å². The second-order valence-corrected chi connectivity index (χ2v) is 8.72. The molecular weight excluding hydrogens is 445 g/mol. The smallest absolute Gasteiger partial charge is 0.454 e. The average molecular weight is 467 g/mol. The zero-order valence-electron chi connectivity index (χ0n) is 18.1. The number of fused-ring (bicyclic) bond motifs is 2. The molecule has 2 N–H and O–H groups in total. The summed E-state index contributed by atoms with van der Waals surface area (Å²) < 4.78 is 32.7. The molecule has 34 heavy (non-hydrogen) atoms. The van der Waals surface area contributed by atoms with Crippen LogP contribution in [0.15, 0.2) is 41.3 Å². The first-order chi connectivity index (χ1) is 16.5. The molecule has 0 radical (unpaired) electrons. The minimum absolute atomic E-state index is 0.0460. The van der Waals surface area contributed by atoms with Gasteiger partial charge in [0.25, 0.3) is 0 Å². The van der Waals surface area contributed by atoms with Crippen LogP contribution in [0.3, 0.4) is 0 Å². The number of nitrogens with zero attached hydrogens (tertiary/aromatic N) is 2. The van der Waals surface area contributed by atoms with Crippen molar-refractivity contribution in [1.29, 1.82) is 0 Å². The van der Waals surface area contributed by atoms with E-state index in [0.717, 1.165) is 18.4 Å². The standard InChI is InChI=1S/C24H22FN3O6/c25-16-8-15-18(28(14-2-3-14)11-22(23(15)29)34-24(30)31)9-19(16)27-6-5-26-17(10-27)13-1-4-20-21(7-13)33-12-32-20/h1,4,7-9,11,14,17,26H,2-3,5-6,10,12H2,(H,30,31). The first kappa shape index (κ1) is 20.8. The minimum atomic E-state index is -1.58. The largest absolute Gasteiger partial charge is 0.511 e. The molecule has 0 amide bonds. The number of benzene rings is 2. The number of carboxylic acid groups (broad SMARTS) is 1. The van der Waals surface area contributed by atoms with Gasteiger partial charge in [0.05, 0.1) is 22.8 Å². The number of hydrogen-bond acceptors (Lipinski definition) is 7. The Morgan fingerprint density at radius 1 is 1.18 bits per heavy atom. The molecule has 1 atom stereocenters. The quantitative estimate of drug-likeness (QED) is 0.563. The lowest BCUT2D eigenvalue weighted by Crippen LogP contribution is -2.46. The Balaban J connectivity index is 1.37. The van der Waals surface area contributed by atoms with Crippen molar-refractivity contribution in [3.05, 3.63) is 58.1 Å². The van der Waals surface area contributed by atoms with E-state index in [2.05, 4.69) is 10.1 Å². The van der Waals surface area contributed by atoms with Crippen LogP contribution in [0.4, 0.5) is 14.9 Å². The first-order valence-electron chi connectivity index (χ1n) is 11.1. The van der Waals surface area contributed by atoms with Gasteiger partial charge in [0.1, 0.15) is 5.82 Å². The van der Waals surface area contributed by atoms with Gasteiger partial charge in [0.2, 0.25) is 12.2 Å². The fourth-order valence-corrected chi connectivity index (χ4v) is 4.72. The van der Waals surface area contributed by atoms with Gasteiger partial charge in [-0.2, -0.15) is 0 Å². The second kappa shape index (κ2) is 7.91. The number of aromatic nitrogens is 1. The molecule has 1 aromatic heterocycles. The summed E-state index contributed by atoms with van der Waals surface area (Å²) in [6.07, 6.45) is 1.64. The summed E-state index contributed by atoms with van der Waals surface area (Å²) in [6, 6.07) is 8.75. The van der Waals surface area contributed by atoms with Crippen LogP contribution < -0.4 is 29.9 Å². The third-order valence-electron chi connectivity index (χ3n) is 6.52. The number of hydrogen-bond donors (Lipinski definition) is 2. The molecule has 3 aromatic rings. The summed E-state index contributed by atoms with van der Waals surface area (Å²) in [7, 11) is 0. The Morgan fingerprint density at radius 2 is 2.00 bits per heavy atom. The second-order valence-electron chi connectivity index (χ2n) is 8.72. The summed E-state index contributed by atoms with van der Waals surface area (Å²) in [6.45, 7) is 1.97. The summed E-state index contributed by atoms with van der Waals surface area (Å²) in [5.74, 6) is 0.553. The van der Waals surface area contributed by atoms with Gasteiger partial charge in [-0.15, -0.1) is 0 Å². The fourth-order valence-electron chi connectivity index (χ4n) is 4.72. The number of pyridine rings is 1. The summed E-state index contributed by atoms with van der Waals surface area (Å²) in [5, 5.41) is 12.6. The van der Waals surface area contributed by atoms with Crippen molar-refractivity contribution in [2.75, 3.05) is 31.3 Å². The number of piperazine rings is 1. The molecular formula is C24H22FN3O6. The number of halogens is 1. The first-order valence-corrected chi connectivity index (χ1v) is 11.1. The third kappa shape index (κ3) is 3.60. The molecule has 10 heteroatoms. The minimum Gasteiger partial charge on any atom is -0.454 e. The molecule has 6 rings (SSSR count). The number of carbonyl (C=O) groups is 1. The van der Waals surface area contributed by atoms with Gasteiger partial charge in [-0.05, 0) is 42.7 Å². The van der Waals surface area contributed by atoms with Gasteiger partial charge in [-0.3, -0.25) is 4.79 Å². The van der Waals surface area contributed by atoms with Crippen molar-refractivity contribution in [3.8, 4) is 17.2 Å². The topological polar surface area (TPSA) is 102 Å². The maximum atomic E-state index is 15.3. The molecule has 2 fully saturated rings. The normalized spacial score (nSPS) is 19.4. The van der Waals surface area contributed by atoms with E-state index in [9.17, 15) is 9.59 Å². The highest BCUT2D eigenvalue weighted by Gasteiger charge is 2.29. The Morgan fingerprint density at radius 3 is 2.79 bits per heavy atom. The predicted octanol–water partition coefficient (Wildman–Crippen LogP) is 3.41. The highest BCUT2D eigenvalue weighted by Crippen LogP contribution is 2.39. The summed E-state index contributed by atoms with van der Waals surface area (Å²) in [4.78, 5) is 25.8. The monoisotopic (exact) mass is 467 g/mol. The highest BCUT2D eigenvalue weighted by atomic mass is 19.1. The fraction of sp³-hybridized carbons (Fsp3) is 0.333. The van der Waals surface area contributed by atoms with Crippen LogP contribution in [0.5, 0.6) is 17.2 Å². The van der Waals surface area contributed by atoms with Gasteiger partial charge < -0.3 is 34.1 Å². The molecule has 1 aliphatic carbocycles. The van der Waals surface area contributed by atoms with E-state index in [1.54, 1.807) is 6.07 Å². The lowest BCUT2D eigenvalue weighted by Gasteiger charge is -2.36. The van der Waals surface area contributed by atoms with E-state index >= 15 is 4.39 Å². The summed E-state index contributed by atoms with van der Waals surface area (Å²) in [5.41, 5.74) is 1.35. The molecule has 0 spiro atoms. The van der Waals surface area contributed by atoms with E-state index in [1.165, 1.54) is 12.3 Å². The van der Waals surface area contributed by atoms with Gasteiger partial charge in [0.15, 0.2) is 17.2 Å². The Bertz CT molecular complexity index is 1370. The van der Waals surface area contributed by atoms with E-state index in [4.69, 9.17) is 14.6 Å². The number of anilines is 1. The molecule has 3 aliphatic rings. The van der Waals surface area contributed by atoms with E-state index < -0.39 is 17.4 Å². The van der Waals surface area contributed by atoms with Crippen LogP contribution in [0.1, 0.15) is 30.5 Å². The molecule has 2 aromatic carbocycles. The number of rotatable bonds is 4. The maximum Gasteiger partial charge on any atom is 0.511 e. The summed E-state index contributed by atoms with van der Waals surface area (Å²) >= 11 is 0. The maximum absolute atomic E-state index is 15.3. The Kier molecular flexibility index (Phi) is 4.84. The van der Waals surface area contributed by atoms with Crippen LogP contribution in [0.2, 0.25) is 0 Å². The Hall–Kier alpha value is -3.79. The van der Waals surface area contributed by atoms with E-state index in [1.807, 2.05) is 27.7 Å². The van der Waals surface area contributed by atoms with Crippen LogP contribution in [-0.4, -0.2) is 42.3 Å². The SMILES string of the molecule is O=C(O)Oc1cn(C2CC2)c2cc(N3CCNC(c4ccc5c(c4)OCO5)C3)c(F)cc2c1=O. The lowest BCUT2D eigenvalue weighted by molar-refractivity contribution is 0.143. The van der Waals surface area contributed by atoms with Crippen molar-refractivity contribution < 1.29 is 28.5 Å². The number of ether oxygens (including phenoxy) is 3. The molecule has 176 valence electrons. The van der Waals surface area contributed by atoms with Crippen LogP contribution >= 0.6 is 0 Å².